The number of rotatable bonds is 6. The Kier molecular flexibility index (Phi) is 6.61. The Bertz CT molecular complexity index is 781. The Hall–Kier alpha value is -2.21. The van der Waals surface area contributed by atoms with Gasteiger partial charge in [-0.3, -0.25) is 9.59 Å². The van der Waals surface area contributed by atoms with Crippen LogP contribution in [-0.2, 0) is 4.79 Å². The third-order valence-electron chi connectivity index (χ3n) is 4.96. The first-order valence-corrected chi connectivity index (χ1v) is 10.3. The Balaban J connectivity index is 1.36. The van der Waals surface area contributed by atoms with Gasteiger partial charge in [0.05, 0.1) is 6.26 Å². The van der Waals surface area contributed by atoms with Crippen LogP contribution in [0.5, 0.6) is 0 Å². The number of piperidine rings is 1. The highest BCUT2D eigenvalue weighted by molar-refractivity contribution is 7.99. The van der Waals surface area contributed by atoms with Crippen molar-refractivity contribution < 1.29 is 14.0 Å². The average Bonchev–Trinajstić information content (AvgIpc) is 3.19. The highest BCUT2D eigenvalue weighted by Gasteiger charge is 2.25. The van der Waals surface area contributed by atoms with Crippen molar-refractivity contribution in [1.29, 1.82) is 0 Å². The molecule has 5 nitrogen and oxygen atoms in total. The molecule has 0 radical (unpaired) electrons. The topological polar surface area (TPSA) is 62.6 Å². The van der Waals surface area contributed by atoms with Crippen LogP contribution >= 0.6 is 11.8 Å². The quantitative estimate of drug-likeness (QED) is 0.767. The molecule has 6 heteroatoms. The van der Waals surface area contributed by atoms with Gasteiger partial charge in [-0.1, -0.05) is 6.07 Å². The summed E-state index contributed by atoms with van der Waals surface area (Å²) in [6, 6.07) is 9.94. The Morgan fingerprint density at radius 2 is 1.96 bits per heavy atom. The summed E-state index contributed by atoms with van der Waals surface area (Å²) in [5, 5.41) is 3.11. The maximum absolute atomic E-state index is 12.3. The minimum absolute atomic E-state index is 0.0745. The second-order valence-corrected chi connectivity index (χ2v) is 8.12. The van der Waals surface area contributed by atoms with Gasteiger partial charge in [-0.05, 0) is 62.1 Å². The first-order chi connectivity index (χ1) is 13.0. The van der Waals surface area contributed by atoms with Gasteiger partial charge in [-0.15, -0.1) is 11.8 Å². The van der Waals surface area contributed by atoms with E-state index in [1.54, 1.807) is 28.8 Å². The second kappa shape index (κ2) is 9.13. The molecule has 1 fully saturated rings. The van der Waals surface area contributed by atoms with Crippen molar-refractivity contribution in [1.82, 2.24) is 10.2 Å². The summed E-state index contributed by atoms with van der Waals surface area (Å²) in [6.07, 6.45) is 3.57. The molecule has 0 unspecified atom stereocenters. The van der Waals surface area contributed by atoms with Crippen LogP contribution in [0.1, 0.15) is 40.9 Å². The van der Waals surface area contributed by atoms with E-state index in [2.05, 4.69) is 37.4 Å². The van der Waals surface area contributed by atoms with Crippen molar-refractivity contribution in [3.8, 4) is 0 Å². The van der Waals surface area contributed by atoms with E-state index in [1.165, 1.54) is 22.3 Å². The zero-order valence-electron chi connectivity index (χ0n) is 15.9. The van der Waals surface area contributed by atoms with Crippen LogP contribution in [-0.4, -0.2) is 41.6 Å². The van der Waals surface area contributed by atoms with Crippen molar-refractivity contribution in [3.63, 3.8) is 0 Å². The van der Waals surface area contributed by atoms with Crippen LogP contribution in [0.2, 0.25) is 0 Å². The lowest BCUT2D eigenvalue weighted by atomic mass is 10.0. The summed E-state index contributed by atoms with van der Waals surface area (Å²) < 4.78 is 5.17. The molecule has 1 aromatic heterocycles. The highest BCUT2D eigenvalue weighted by Crippen LogP contribution is 2.22. The number of furan rings is 1. The third kappa shape index (κ3) is 5.39. The second-order valence-electron chi connectivity index (χ2n) is 6.96. The maximum atomic E-state index is 12.3. The molecule has 0 aliphatic carbocycles. The van der Waals surface area contributed by atoms with Gasteiger partial charge in [-0.25, -0.2) is 0 Å². The van der Waals surface area contributed by atoms with Gasteiger partial charge < -0.3 is 14.6 Å². The Morgan fingerprint density at radius 3 is 2.63 bits per heavy atom. The predicted molar refractivity (Wildman–Crippen MR) is 107 cm³/mol. The van der Waals surface area contributed by atoms with Crippen LogP contribution in [0, 0.1) is 13.8 Å². The smallest absolute Gasteiger partial charge is 0.289 e. The Labute approximate surface area is 164 Å². The number of thioether (sulfide) groups is 1. The molecular weight excluding hydrogens is 360 g/mol. The van der Waals surface area contributed by atoms with Crippen molar-refractivity contribution in [2.45, 2.75) is 44.0 Å². The van der Waals surface area contributed by atoms with Crippen molar-refractivity contribution in [2.75, 3.05) is 18.8 Å². The molecular formula is C21H26N2O3S. The van der Waals surface area contributed by atoms with E-state index in [9.17, 15) is 9.59 Å². The normalized spacial score (nSPS) is 15.0. The van der Waals surface area contributed by atoms with Gasteiger partial charge in [-0.2, -0.15) is 0 Å². The minimum Gasteiger partial charge on any atom is -0.459 e. The number of nitrogens with one attached hydrogen (secondary N) is 1. The number of aryl methyl sites for hydroxylation is 2. The molecule has 2 amide bonds. The Morgan fingerprint density at radius 1 is 1.19 bits per heavy atom. The lowest BCUT2D eigenvalue weighted by molar-refractivity contribution is -0.121. The number of amides is 2. The lowest BCUT2D eigenvalue weighted by Gasteiger charge is -2.31. The van der Waals surface area contributed by atoms with Crippen LogP contribution in [0.15, 0.2) is 45.9 Å². The molecule has 3 rings (SSSR count). The van der Waals surface area contributed by atoms with Crippen LogP contribution < -0.4 is 5.32 Å². The van der Waals surface area contributed by atoms with E-state index in [-0.39, 0.29) is 17.9 Å². The fraction of sp³-hybridized carbons (Fsp3) is 0.429. The van der Waals surface area contributed by atoms with E-state index in [4.69, 9.17) is 4.42 Å². The van der Waals surface area contributed by atoms with Crippen LogP contribution in [0.3, 0.4) is 0 Å². The largest absolute Gasteiger partial charge is 0.459 e. The standard InChI is InChI=1S/C21H26N2O3S/c1-15-5-6-18(14-16(15)2)27-13-9-20(24)22-17-7-10-23(11-8-17)21(25)19-4-3-12-26-19/h3-6,12,14,17H,7-11,13H2,1-2H3,(H,22,24). The fourth-order valence-electron chi connectivity index (χ4n) is 3.15. The van der Waals surface area contributed by atoms with E-state index in [1.807, 2.05) is 0 Å². The summed E-state index contributed by atoms with van der Waals surface area (Å²) in [5.41, 5.74) is 2.56. The van der Waals surface area contributed by atoms with Gasteiger partial charge in [0.1, 0.15) is 0 Å². The number of nitrogens with zero attached hydrogens (tertiary/aromatic N) is 1. The van der Waals surface area contributed by atoms with Crippen molar-refractivity contribution in [3.05, 3.63) is 53.5 Å². The fourth-order valence-corrected chi connectivity index (χ4v) is 4.10. The molecule has 1 N–H and O–H groups in total. The summed E-state index contributed by atoms with van der Waals surface area (Å²) in [4.78, 5) is 27.5. The van der Waals surface area contributed by atoms with Crippen LogP contribution in [0.25, 0.3) is 0 Å². The number of carbonyl (C=O) groups excluding carboxylic acids is 2. The monoisotopic (exact) mass is 386 g/mol. The number of likely N-dealkylation sites (tertiary alicyclic amines) is 1. The van der Waals surface area contributed by atoms with Crippen molar-refractivity contribution in [2.24, 2.45) is 0 Å². The zero-order chi connectivity index (χ0) is 19.2. The lowest BCUT2D eigenvalue weighted by Crippen LogP contribution is -2.46. The molecule has 1 saturated heterocycles. The molecule has 2 aromatic rings. The number of hydrogen-bond acceptors (Lipinski definition) is 4. The number of benzene rings is 1. The molecule has 144 valence electrons. The van der Waals surface area contributed by atoms with Gasteiger partial charge in [0.2, 0.25) is 5.91 Å². The molecule has 0 bridgehead atoms. The first kappa shape index (κ1) is 19.5. The highest BCUT2D eigenvalue weighted by atomic mass is 32.2. The van der Waals surface area contributed by atoms with Gasteiger partial charge in [0, 0.05) is 36.2 Å². The molecule has 27 heavy (non-hydrogen) atoms. The summed E-state index contributed by atoms with van der Waals surface area (Å²) >= 11 is 1.71. The molecule has 1 aromatic carbocycles. The van der Waals surface area contributed by atoms with E-state index >= 15 is 0 Å². The third-order valence-corrected chi connectivity index (χ3v) is 5.95. The summed E-state index contributed by atoms with van der Waals surface area (Å²) in [5.74, 6) is 1.15. The predicted octanol–water partition coefficient (Wildman–Crippen LogP) is 3.80. The molecule has 1 aliphatic heterocycles. The van der Waals surface area contributed by atoms with Gasteiger partial charge in [0.25, 0.3) is 5.91 Å². The SMILES string of the molecule is Cc1ccc(SCCC(=O)NC2CCN(C(=O)c3ccco3)CC2)cc1C. The van der Waals surface area contributed by atoms with Crippen LogP contribution in [0.4, 0.5) is 0 Å². The molecule has 1 aliphatic rings. The first-order valence-electron chi connectivity index (χ1n) is 9.35. The minimum atomic E-state index is -0.0745. The van der Waals surface area contributed by atoms with Gasteiger partial charge in [0.15, 0.2) is 5.76 Å². The van der Waals surface area contributed by atoms with E-state index in [0.29, 0.717) is 25.3 Å². The number of hydrogen-bond donors (Lipinski definition) is 1. The maximum Gasteiger partial charge on any atom is 0.289 e. The van der Waals surface area contributed by atoms with E-state index < -0.39 is 0 Å². The summed E-state index contributed by atoms with van der Waals surface area (Å²) in [6.45, 7) is 5.49. The summed E-state index contributed by atoms with van der Waals surface area (Å²) in [7, 11) is 0. The van der Waals surface area contributed by atoms with Gasteiger partial charge >= 0.3 is 0 Å². The molecule has 0 spiro atoms. The number of carbonyl (C=O) groups is 2. The molecule has 2 heterocycles. The van der Waals surface area contributed by atoms with E-state index in [0.717, 1.165) is 18.6 Å². The molecule has 0 saturated carbocycles. The average molecular weight is 387 g/mol. The zero-order valence-corrected chi connectivity index (χ0v) is 16.7. The molecule has 0 atom stereocenters. The van der Waals surface area contributed by atoms with Crippen molar-refractivity contribution >= 4 is 23.6 Å².